The van der Waals surface area contributed by atoms with Gasteiger partial charge in [-0.15, -0.1) is 0 Å². The van der Waals surface area contributed by atoms with Crippen LogP contribution in [-0.4, -0.2) is 19.5 Å². The van der Waals surface area contributed by atoms with Crippen molar-refractivity contribution in [2.45, 2.75) is 32.6 Å². The van der Waals surface area contributed by atoms with Gasteiger partial charge in [0, 0.05) is 12.1 Å². The van der Waals surface area contributed by atoms with Crippen molar-refractivity contribution in [3.05, 3.63) is 65.5 Å². The average Bonchev–Trinajstić information content (AvgIpc) is 2.61. The van der Waals surface area contributed by atoms with Crippen LogP contribution < -0.4 is 21.5 Å². The molecule has 0 aliphatic carbocycles. The normalized spacial score (nSPS) is 15.4. The van der Waals surface area contributed by atoms with E-state index in [1.54, 1.807) is 0 Å². The van der Waals surface area contributed by atoms with Gasteiger partial charge >= 0.3 is 0 Å². The van der Waals surface area contributed by atoms with E-state index >= 15 is 0 Å². The number of ether oxygens (including phenoxy) is 2. The molecule has 1 aliphatic heterocycles. The number of rotatable bonds is 5. The van der Waals surface area contributed by atoms with Gasteiger partial charge < -0.3 is 26.5 Å². The van der Waals surface area contributed by atoms with Crippen molar-refractivity contribution in [3.63, 3.8) is 0 Å². The molecule has 4 heteroatoms. The summed E-state index contributed by atoms with van der Waals surface area (Å²) in [6.45, 7) is 4.65. The third-order valence-corrected chi connectivity index (χ3v) is 3.98. The zero-order valence-corrected chi connectivity index (χ0v) is 15.6. The van der Waals surface area contributed by atoms with Crippen LogP contribution >= 0.6 is 0 Å². The number of aryl methyl sites for hydroxylation is 2. The maximum atomic E-state index is 5.57. The predicted molar refractivity (Wildman–Crippen MR) is 91.7 cm³/mol. The number of hydrogen-bond donors (Lipinski definition) is 0. The van der Waals surface area contributed by atoms with Gasteiger partial charge in [-0.1, -0.05) is 42.0 Å². The van der Waals surface area contributed by atoms with E-state index < -0.39 is 0 Å². The predicted octanol–water partition coefficient (Wildman–Crippen LogP) is 0.610. The second-order valence-corrected chi connectivity index (χ2v) is 5.93. The first-order valence-corrected chi connectivity index (χ1v) is 8.27. The highest BCUT2D eigenvalue weighted by atomic mass is 79.9. The molecule has 128 valence electrons. The second kappa shape index (κ2) is 9.72. The summed E-state index contributed by atoms with van der Waals surface area (Å²) < 4.78 is 13.3. The van der Waals surface area contributed by atoms with Gasteiger partial charge in [-0.25, -0.2) is 4.57 Å². The van der Waals surface area contributed by atoms with Crippen LogP contribution in [0.15, 0.2) is 48.8 Å². The molecule has 24 heavy (non-hydrogen) atoms. The number of benzene rings is 1. The largest absolute Gasteiger partial charge is 1.00 e. The summed E-state index contributed by atoms with van der Waals surface area (Å²) >= 11 is 0. The van der Waals surface area contributed by atoms with Crippen LogP contribution in [-0.2, 0) is 16.0 Å². The fourth-order valence-corrected chi connectivity index (χ4v) is 2.56. The third-order valence-electron chi connectivity index (χ3n) is 3.98. The van der Waals surface area contributed by atoms with E-state index in [0.717, 1.165) is 32.6 Å². The third kappa shape index (κ3) is 5.86. The number of nitrogens with zero attached hydrogens (tertiary/aromatic N) is 1. The van der Waals surface area contributed by atoms with Crippen molar-refractivity contribution < 1.29 is 31.0 Å². The fraction of sp³-hybridized carbons (Fsp3) is 0.350. The van der Waals surface area contributed by atoms with Crippen LogP contribution in [0.25, 0.3) is 12.2 Å². The van der Waals surface area contributed by atoms with Gasteiger partial charge in [-0.05, 0) is 24.5 Å². The SMILES string of the molecule is Cc1ccc(/C=C/c2cc[n+](CCC3OCCCO3)cc2)cc1.[Br-]. The standard InChI is InChI=1S/C20H24NO2.BrH/c1-17-3-5-18(6-4-17)7-8-19-9-12-21(13-10-19)14-11-20-22-15-2-16-23-20;/h3-10,12-13,20H,2,11,14-16H2,1H3;1H/q+1;/p-1/b8-7+;. The maximum Gasteiger partial charge on any atom is 0.169 e. The van der Waals surface area contributed by atoms with Gasteiger partial charge in [-0.2, -0.15) is 0 Å². The molecule has 0 radical (unpaired) electrons. The quantitative estimate of drug-likeness (QED) is 0.699. The Labute approximate surface area is 154 Å². The highest BCUT2D eigenvalue weighted by Crippen LogP contribution is 2.10. The molecule has 0 saturated carbocycles. The van der Waals surface area contributed by atoms with E-state index in [1.165, 1.54) is 16.7 Å². The van der Waals surface area contributed by atoms with Crippen molar-refractivity contribution >= 4 is 12.2 Å². The van der Waals surface area contributed by atoms with E-state index in [0.29, 0.717) is 0 Å². The summed E-state index contributed by atoms with van der Waals surface area (Å²) in [4.78, 5) is 0. The lowest BCUT2D eigenvalue weighted by Crippen LogP contribution is -3.00. The van der Waals surface area contributed by atoms with Gasteiger partial charge in [0.25, 0.3) is 0 Å². The molecule has 0 spiro atoms. The van der Waals surface area contributed by atoms with Crippen LogP contribution in [0.2, 0.25) is 0 Å². The molecule has 0 bridgehead atoms. The maximum absolute atomic E-state index is 5.57. The monoisotopic (exact) mass is 389 g/mol. The van der Waals surface area contributed by atoms with Crippen LogP contribution in [0.3, 0.4) is 0 Å². The first kappa shape index (κ1) is 18.8. The molecule has 1 aliphatic rings. The molecule has 2 heterocycles. The van der Waals surface area contributed by atoms with Crippen molar-refractivity contribution in [2.24, 2.45) is 0 Å². The Kier molecular flexibility index (Phi) is 7.63. The zero-order valence-electron chi connectivity index (χ0n) is 14.0. The summed E-state index contributed by atoms with van der Waals surface area (Å²) in [5.74, 6) is 0. The minimum absolute atomic E-state index is 0. The second-order valence-electron chi connectivity index (χ2n) is 5.93. The van der Waals surface area contributed by atoms with Crippen molar-refractivity contribution in [3.8, 4) is 0 Å². The number of aromatic nitrogens is 1. The van der Waals surface area contributed by atoms with Gasteiger partial charge in [-0.3, -0.25) is 0 Å². The van der Waals surface area contributed by atoms with E-state index in [2.05, 4.69) is 72.4 Å². The van der Waals surface area contributed by atoms with Crippen LogP contribution in [0, 0.1) is 6.92 Å². The molecular weight excluding hydrogens is 366 g/mol. The van der Waals surface area contributed by atoms with E-state index in [-0.39, 0.29) is 23.3 Å². The molecular formula is C20H24BrNO2. The average molecular weight is 390 g/mol. The Morgan fingerprint density at radius 2 is 1.54 bits per heavy atom. The molecule has 1 aromatic carbocycles. The Hall–Kier alpha value is -1.49. The highest BCUT2D eigenvalue weighted by Gasteiger charge is 2.15. The van der Waals surface area contributed by atoms with Crippen LogP contribution in [0.5, 0.6) is 0 Å². The van der Waals surface area contributed by atoms with Crippen LogP contribution in [0.4, 0.5) is 0 Å². The number of hydrogen-bond acceptors (Lipinski definition) is 2. The summed E-state index contributed by atoms with van der Waals surface area (Å²) in [6.07, 6.45) is 10.4. The summed E-state index contributed by atoms with van der Waals surface area (Å²) in [7, 11) is 0. The Morgan fingerprint density at radius 1 is 0.958 bits per heavy atom. The zero-order chi connectivity index (χ0) is 15.9. The van der Waals surface area contributed by atoms with Crippen molar-refractivity contribution in [1.29, 1.82) is 0 Å². The Bertz CT molecular complexity index is 632. The van der Waals surface area contributed by atoms with E-state index in [1.807, 2.05) is 0 Å². The minimum Gasteiger partial charge on any atom is -1.00 e. The molecule has 0 N–H and O–H groups in total. The van der Waals surface area contributed by atoms with Gasteiger partial charge in [0.15, 0.2) is 25.2 Å². The molecule has 0 unspecified atom stereocenters. The Balaban J connectivity index is 0.00000208. The Morgan fingerprint density at radius 3 is 2.17 bits per heavy atom. The number of pyridine rings is 1. The van der Waals surface area contributed by atoms with Crippen molar-refractivity contribution in [2.75, 3.05) is 13.2 Å². The molecule has 1 saturated heterocycles. The molecule has 3 rings (SSSR count). The lowest BCUT2D eigenvalue weighted by atomic mass is 10.1. The van der Waals surface area contributed by atoms with Gasteiger partial charge in [0.1, 0.15) is 0 Å². The topological polar surface area (TPSA) is 22.3 Å². The molecule has 1 fully saturated rings. The summed E-state index contributed by atoms with van der Waals surface area (Å²) in [5.41, 5.74) is 3.71. The minimum atomic E-state index is -0.0441. The van der Waals surface area contributed by atoms with E-state index in [9.17, 15) is 0 Å². The number of halogens is 1. The summed E-state index contributed by atoms with van der Waals surface area (Å²) in [5, 5.41) is 0. The smallest absolute Gasteiger partial charge is 0.169 e. The molecule has 3 nitrogen and oxygen atoms in total. The van der Waals surface area contributed by atoms with Gasteiger partial charge in [0.2, 0.25) is 0 Å². The molecule has 1 aromatic heterocycles. The molecule has 0 atom stereocenters. The fourth-order valence-electron chi connectivity index (χ4n) is 2.56. The lowest BCUT2D eigenvalue weighted by Gasteiger charge is -2.21. The van der Waals surface area contributed by atoms with Gasteiger partial charge in [0.05, 0.1) is 19.6 Å². The van der Waals surface area contributed by atoms with Crippen molar-refractivity contribution in [1.82, 2.24) is 0 Å². The summed E-state index contributed by atoms with van der Waals surface area (Å²) in [6, 6.07) is 12.8. The molecule has 2 aromatic rings. The van der Waals surface area contributed by atoms with E-state index in [4.69, 9.17) is 9.47 Å². The highest BCUT2D eigenvalue weighted by molar-refractivity contribution is 5.69. The first-order chi connectivity index (χ1) is 11.3. The molecule has 0 amide bonds. The first-order valence-electron chi connectivity index (χ1n) is 8.27. The lowest BCUT2D eigenvalue weighted by molar-refractivity contribution is -0.699. The van der Waals surface area contributed by atoms with Crippen LogP contribution in [0.1, 0.15) is 29.5 Å².